The van der Waals surface area contributed by atoms with Crippen molar-refractivity contribution in [2.45, 2.75) is 385 Å². The van der Waals surface area contributed by atoms with Crippen LogP contribution in [0.15, 0.2) is 0 Å². The zero-order valence-electron chi connectivity index (χ0n) is 42.4. The summed E-state index contributed by atoms with van der Waals surface area (Å²) in [5.74, 6) is 0. The number of rotatable bonds is 0. The lowest BCUT2D eigenvalue weighted by atomic mass is 10.0. The molecule has 0 amide bonds. The van der Waals surface area contributed by atoms with Gasteiger partial charge in [0.05, 0.1) is 0 Å². The first kappa shape index (κ1) is 58.0. The third-order valence-corrected chi connectivity index (χ3v) is 15.0. The second-order valence-corrected chi connectivity index (χ2v) is 21.2. The summed E-state index contributed by atoms with van der Waals surface area (Å²) < 4.78 is 0. The van der Waals surface area contributed by atoms with E-state index in [1.54, 1.807) is 0 Å². The van der Waals surface area contributed by atoms with Gasteiger partial charge in [-0.15, -0.1) is 0 Å². The van der Waals surface area contributed by atoms with Gasteiger partial charge in [0.15, 0.2) is 0 Å². The van der Waals surface area contributed by atoms with Gasteiger partial charge in [-0.05, 0) is 0 Å². The first-order valence-electron chi connectivity index (χ1n) is 30.0. The first-order chi connectivity index (χ1) is 30.0. The van der Waals surface area contributed by atoms with Gasteiger partial charge in [-0.2, -0.15) is 0 Å². The smallest absolute Gasteiger partial charge is 0.0533 e. The highest BCUT2D eigenvalue weighted by atomic mass is 14.1. The Bertz CT molecular complexity index is 444. The lowest BCUT2D eigenvalue weighted by Crippen LogP contribution is -1.85. The molecule has 0 heteroatoms. The first-order valence-corrected chi connectivity index (χ1v) is 30.0. The molecule has 0 bridgehead atoms. The second-order valence-electron chi connectivity index (χ2n) is 21.2. The summed E-state index contributed by atoms with van der Waals surface area (Å²) >= 11 is 0. The molecule has 0 nitrogen and oxygen atoms in total. The lowest BCUT2D eigenvalue weighted by Gasteiger charge is -2.05. The van der Waals surface area contributed by atoms with Gasteiger partial charge in [0.2, 0.25) is 0 Å². The van der Waals surface area contributed by atoms with E-state index in [4.69, 9.17) is 0 Å². The second kappa shape index (κ2) is 55.1. The van der Waals surface area contributed by atoms with Gasteiger partial charge < -0.3 is 0 Å². The Balaban J connectivity index is 0.000000380. The van der Waals surface area contributed by atoms with Crippen LogP contribution in [-0.4, -0.2) is 0 Å². The van der Waals surface area contributed by atoms with Crippen molar-refractivity contribution in [2.24, 2.45) is 0 Å². The van der Waals surface area contributed by atoms with Crippen LogP contribution in [0.25, 0.3) is 0 Å². The van der Waals surface area contributed by atoms with E-state index in [0.29, 0.717) is 0 Å². The Kier molecular flexibility index (Phi) is 53.3. The monoisotopic (exact) mass is 841 g/mol. The van der Waals surface area contributed by atoms with Crippen LogP contribution in [0.1, 0.15) is 385 Å². The van der Waals surface area contributed by atoms with Crippen molar-refractivity contribution in [3.05, 3.63) is 0 Å². The highest BCUT2D eigenvalue weighted by Crippen LogP contribution is 2.20. The molecular formula is C60H120. The van der Waals surface area contributed by atoms with E-state index in [9.17, 15) is 0 Å². The van der Waals surface area contributed by atoms with Crippen LogP contribution in [0.3, 0.4) is 0 Å². The van der Waals surface area contributed by atoms with Crippen molar-refractivity contribution in [2.75, 3.05) is 0 Å². The molecule has 0 radical (unpaired) electrons. The van der Waals surface area contributed by atoms with Crippen LogP contribution in [0.4, 0.5) is 0 Å². The van der Waals surface area contributed by atoms with Gasteiger partial charge in [0, 0.05) is 0 Å². The molecule has 5 aliphatic carbocycles. The minimum atomic E-state index is 1.50. The maximum Gasteiger partial charge on any atom is -0.0533 e. The molecule has 0 saturated heterocycles. The molecule has 5 aliphatic rings. The molecule has 0 heterocycles. The van der Waals surface area contributed by atoms with Crippen LogP contribution in [-0.2, 0) is 0 Å². The Morgan fingerprint density at radius 2 is 0.0500 bits per heavy atom. The molecule has 0 aliphatic heterocycles. The lowest BCUT2D eigenvalue weighted by molar-refractivity contribution is 0.504. The fourth-order valence-electron chi connectivity index (χ4n) is 10.6. The molecule has 360 valence electrons. The van der Waals surface area contributed by atoms with Crippen LogP contribution in [0.2, 0.25) is 0 Å². The normalized spacial score (nSPS) is 24.0. The highest BCUT2D eigenvalue weighted by molar-refractivity contribution is 4.56. The minimum Gasteiger partial charge on any atom is -0.0533 e. The van der Waals surface area contributed by atoms with Crippen molar-refractivity contribution in [1.82, 2.24) is 0 Å². The van der Waals surface area contributed by atoms with E-state index >= 15 is 0 Å². The Hall–Kier alpha value is 0. The quantitative estimate of drug-likeness (QED) is 0.228. The zero-order valence-corrected chi connectivity index (χ0v) is 42.4. The van der Waals surface area contributed by atoms with E-state index in [0.717, 1.165) is 0 Å². The van der Waals surface area contributed by atoms with Gasteiger partial charge >= 0.3 is 0 Å². The predicted octanol–water partition coefficient (Wildman–Crippen LogP) is 23.4. The molecule has 0 spiro atoms. The van der Waals surface area contributed by atoms with E-state index in [2.05, 4.69) is 0 Å². The van der Waals surface area contributed by atoms with Crippen molar-refractivity contribution < 1.29 is 0 Å². The molecule has 5 fully saturated rings. The van der Waals surface area contributed by atoms with Gasteiger partial charge in [-0.1, -0.05) is 385 Å². The fourth-order valence-corrected chi connectivity index (χ4v) is 10.6. The Morgan fingerprint density at radius 1 is 0.0333 bits per heavy atom. The predicted molar refractivity (Wildman–Crippen MR) is 277 cm³/mol. The van der Waals surface area contributed by atoms with Gasteiger partial charge in [0.25, 0.3) is 0 Å². The Morgan fingerprint density at radius 3 is 0.0667 bits per heavy atom. The van der Waals surface area contributed by atoms with E-state index in [-0.39, 0.29) is 0 Å². The fraction of sp³-hybridized carbons (Fsp3) is 1.00. The molecule has 5 rings (SSSR count). The summed E-state index contributed by atoms with van der Waals surface area (Å²) in [6, 6.07) is 0. The molecule has 0 aromatic rings. The number of hydrogen-bond donors (Lipinski definition) is 0. The average Bonchev–Trinajstić information content (AvgIpc) is 3.29. The van der Waals surface area contributed by atoms with E-state index in [1.165, 1.54) is 385 Å². The minimum absolute atomic E-state index is 1.50. The summed E-state index contributed by atoms with van der Waals surface area (Å²) in [7, 11) is 0. The zero-order chi connectivity index (χ0) is 42.4. The standard InChI is InChI=1S/C16H32.C14H28.3C10H20/c1-2-4-6-8-10-12-14-16-15-13-11-9-7-5-3-1;1-2-4-6-8-10-12-14-13-11-9-7-5-3-1;3*1-2-4-6-8-10-9-7-5-3-1/h1-16H2;1-14H2;3*1-10H2. The molecule has 0 aromatic heterocycles. The highest BCUT2D eigenvalue weighted by Gasteiger charge is 2.00. The molecule has 0 atom stereocenters. The average molecular weight is 842 g/mol. The largest absolute Gasteiger partial charge is 0.0533 e. The SMILES string of the molecule is C1CCCCCCCCC1.C1CCCCCCCCC1.C1CCCCCCCCC1.C1CCCCCCCCCCCCC1.C1CCCCCCCCCCCCCCC1. The van der Waals surface area contributed by atoms with Crippen molar-refractivity contribution in [3.8, 4) is 0 Å². The van der Waals surface area contributed by atoms with Crippen molar-refractivity contribution in [1.29, 1.82) is 0 Å². The van der Waals surface area contributed by atoms with E-state index in [1.807, 2.05) is 0 Å². The molecule has 0 N–H and O–H groups in total. The summed E-state index contributed by atoms with van der Waals surface area (Å²) in [4.78, 5) is 0. The van der Waals surface area contributed by atoms with Gasteiger partial charge in [-0.25, -0.2) is 0 Å². The summed E-state index contributed by atoms with van der Waals surface area (Å²) in [6.07, 6.45) is 90.0. The number of hydrogen-bond acceptors (Lipinski definition) is 0. The molecule has 0 aromatic carbocycles. The summed E-state index contributed by atoms with van der Waals surface area (Å²) in [5, 5.41) is 0. The summed E-state index contributed by atoms with van der Waals surface area (Å²) in [5.41, 5.74) is 0. The third-order valence-electron chi connectivity index (χ3n) is 15.0. The topological polar surface area (TPSA) is 0 Å². The third kappa shape index (κ3) is 52.3. The maximum absolute atomic E-state index is 1.50. The molecular weight excluding hydrogens is 721 g/mol. The van der Waals surface area contributed by atoms with Crippen LogP contribution in [0.5, 0.6) is 0 Å². The van der Waals surface area contributed by atoms with Crippen LogP contribution >= 0.6 is 0 Å². The van der Waals surface area contributed by atoms with Crippen molar-refractivity contribution in [3.63, 3.8) is 0 Å². The molecule has 60 heavy (non-hydrogen) atoms. The van der Waals surface area contributed by atoms with Gasteiger partial charge in [0.1, 0.15) is 0 Å². The molecule has 5 saturated carbocycles. The van der Waals surface area contributed by atoms with Crippen LogP contribution < -0.4 is 0 Å². The molecule has 0 unspecified atom stereocenters. The van der Waals surface area contributed by atoms with Gasteiger partial charge in [-0.3, -0.25) is 0 Å². The Labute approximate surface area is 383 Å². The van der Waals surface area contributed by atoms with Crippen LogP contribution in [0, 0.1) is 0 Å². The van der Waals surface area contributed by atoms with E-state index < -0.39 is 0 Å². The maximum atomic E-state index is 1.50. The van der Waals surface area contributed by atoms with Crippen molar-refractivity contribution >= 4 is 0 Å². The summed E-state index contributed by atoms with van der Waals surface area (Å²) in [6.45, 7) is 0.